The number of rotatable bonds is 1. The van der Waals surface area contributed by atoms with Crippen molar-refractivity contribution in [1.29, 1.82) is 0 Å². The van der Waals surface area contributed by atoms with Gasteiger partial charge in [0, 0.05) is 0 Å². The van der Waals surface area contributed by atoms with E-state index < -0.39 is 0 Å². The SMILES string of the molecule is COc1c(Cl)ccc2c1CCC2. The zero-order chi connectivity index (χ0) is 8.55. The Morgan fingerprint density at radius 3 is 2.92 bits per heavy atom. The van der Waals surface area contributed by atoms with Gasteiger partial charge < -0.3 is 4.74 Å². The second-order valence-electron chi connectivity index (χ2n) is 3.07. The first kappa shape index (κ1) is 7.93. The molecular weight excluding hydrogens is 172 g/mol. The molecule has 2 rings (SSSR count). The third-order valence-electron chi connectivity index (χ3n) is 2.39. The Bertz CT molecular complexity index is 307. The van der Waals surface area contributed by atoms with E-state index in [1.54, 1.807) is 7.11 Å². The number of ether oxygens (including phenoxy) is 1. The average molecular weight is 183 g/mol. The van der Waals surface area contributed by atoms with Crippen LogP contribution in [0.15, 0.2) is 12.1 Å². The van der Waals surface area contributed by atoms with Gasteiger partial charge in [-0.25, -0.2) is 0 Å². The minimum absolute atomic E-state index is 0.734. The van der Waals surface area contributed by atoms with Gasteiger partial charge in [-0.05, 0) is 36.5 Å². The molecule has 0 atom stereocenters. The number of halogens is 1. The first-order chi connectivity index (χ1) is 5.83. The topological polar surface area (TPSA) is 9.23 Å². The van der Waals surface area contributed by atoms with Crippen LogP contribution in [0.5, 0.6) is 5.75 Å². The molecule has 0 saturated carbocycles. The van der Waals surface area contributed by atoms with Gasteiger partial charge >= 0.3 is 0 Å². The fourth-order valence-corrected chi connectivity index (χ4v) is 2.08. The molecule has 0 saturated heterocycles. The molecule has 1 aromatic rings. The molecule has 12 heavy (non-hydrogen) atoms. The maximum Gasteiger partial charge on any atom is 0.140 e. The van der Waals surface area contributed by atoms with Gasteiger partial charge in [0.1, 0.15) is 5.75 Å². The molecule has 0 fully saturated rings. The molecule has 1 aromatic carbocycles. The monoisotopic (exact) mass is 182 g/mol. The first-order valence-electron chi connectivity index (χ1n) is 4.17. The van der Waals surface area contributed by atoms with Gasteiger partial charge in [-0.2, -0.15) is 0 Å². The summed E-state index contributed by atoms with van der Waals surface area (Å²) in [5, 5.41) is 0.734. The summed E-state index contributed by atoms with van der Waals surface area (Å²) >= 11 is 5.98. The summed E-state index contributed by atoms with van der Waals surface area (Å²) in [5.41, 5.74) is 2.71. The molecule has 0 bridgehead atoms. The van der Waals surface area contributed by atoms with Crippen LogP contribution in [0.1, 0.15) is 17.5 Å². The Kier molecular flexibility index (Phi) is 1.97. The lowest BCUT2D eigenvalue weighted by molar-refractivity contribution is 0.410. The Balaban J connectivity index is 2.57. The lowest BCUT2D eigenvalue weighted by atomic mass is 10.1. The molecule has 0 amide bonds. The summed E-state index contributed by atoms with van der Waals surface area (Å²) in [5.74, 6) is 0.881. The van der Waals surface area contributed by atoms with Crippen LogP contribution in [0, 0.1) is 0 Å². The molecule has 0 spiro atoms. The number of hydrogen-bond donors (Lipinski definition) is 0. The standard InChI is InChI=1S/C10H11ClO/c1-12-10-8-4-2-3-7(8)5-6-9(10)11/h5-6H,2-4H2,1H3. The Hall–Kier alpha value is -0.690. The summed E-state index contributed by atoms with van der Waals surface area (Å²) in [7, 11) is 1.68. The number of hydrogen-bond acceptors (Lipinski definition) is 1. The van der Waals surface area contributed by atoms with Crippen molar-refractivity contribution in [3.63, 3.8) is 0 Å². The summed E-state index contributed by atoms with van der Waals surface area (Å²) in [6, 6.07) is 4.03. The molecule has 0 unspecified atom stereocenters. The van der Waals surface area contributed by atoms with Crippen molar-refractivity contribution in [2.75, 3.05) is 7.11 Å². The van der Waals surface area contributed by atoms with Gasteiger partial charge in [-0.1, -0.05) is 17.7 Å². The normalized spacial score (nSPS) is 14.5. The van der Waals surface area contributed by atoms with Crippen molar-refractivity contribution < 1.29 is 4.74 Å². The quantitative estimate of drug-likeness (QED) is 0.649. The minimum Gasteiger partial charge on any atom is -0.495 e. The van der Waals surface area contributed by atoms with Gasteiger partial charge in [0.05, 0.1) is 12.1 Å². The van der Waals surface area contributed by atoms with Crippen molar-refractivity contribution in [2.45, 2.75) is 19.3 Å². The molecule has 0 N–H and O–H groups in total. The molecule has 1 aliphatic rings. The Labute approximate surface area is 77.3 Å². The predicted octanol–water partition coefficient (Wildman–Crippen LogP) is 2.84. The van der Waals surface area contributed by atoms with E-state index in [-0.39, 0.29) is 0 Å². The Morgan fingerprint density at radius 1 is 1.33 bits per heavy atom. The van der Waals surface area contributed by atoms with Gasteiger partial charge in [-0.15, -0.1) is 0 Å². The molecule has 2 heteroatoms. The van der Waals surface area contributed by atoms with E-state index in [1.165, 1.54) is 24.0 Å². The highest BCUT2D eigenvalue weighted by Gasteiger charge is 2.17. The smallest absolute Gasteiger partial charge is 0.140 e. The molecule has 0 heterocycles. The van der Waals surface area contributed by atoms with E-state index in [2.05, 4.69) is 6.07 Å². The number of aryl methyl sites for hydroxylation is 1. The molecule has 1 aliphatic carbocycles. The zero-order valence-electron chi connectivity index (χ0n) is 7.06. The molecular formula is C10H11ClO. The fourth-order valence-electron chi connectivity index (χ4n) is 1.82. The van der Waals surface area contributed by atoms with Crippen LogP contribution in [-0.2, 0) is 12.8 Å². The van der Waals surface area contributed by atoms with Crippen LogP contribution >= 0.6 is 11.6 Å². The van der Waals surface area contributed by atoms with Crippen LogP contribution in [-0.4, -0.2) is 7.11 Å². The van der Waals surface area contributed by atoms with Gasteiger partial charge in [0.2, 0.25) is 0 Å². The highest BCUT2D eigenvalue weighted by molar-refractivity contribution is 6.32. The van der Waals surface area contributed by atoms with Gasteiger partial charge in [0.15, 0.2) is 0 Å². The predicted molar refractivity (Wildman–Crippen MR) is 50.0 cm³/mol. The maximum absolute atomic E-state index is 5.98. The highest BCUT2D eigenvalue weighted by Crippen LogP contribution is 2.36. The Morgan fingerprint density at radius 2 is 2.17 bits per heavy atom. The minimum atomic E-state index is 0.734. The molecule has 0 aliphatic heterocycles. The number of fused-ring (bicyclic) bond motifs is 1. The lowest BCUT2D eigenvalue weighted by Crippen LogP contribution is -1.91. The first-order valence-corrected chi connectivity index (χ1v) is 4.55. The third-order valence-corrected chi connectivity index (χ3v) is 2.68. The van der Waals surface area contributed by atoms with Crippen molar-refractivity contribution in [3.05, 3.63) is 28.3 Å². The lowest BCUT2D eigenvalue weighted by Gasteiger charge is -2.08. The second kappa shape index (κ2) is 2.98. The van der Waals surface area contributed by atoms with Crippen molar-refractivity contribution in [3.8, 4) is 5.75 Å². The van der Waals surface area contributed by atoms with E-state index >= 15 is 0 Å². The van der Waals surface area contributed by atoms with E-state index in [0.717, 1.165) is 17.2 Å². The summed E-state index contributed by atoms with van der Waals surface area (Å²) in [4.78, 5) is 0. The second-order valence-corrected chi connectivity index (χ2v) is 3.48. The third kappa shape index (κ3) is 1.09. The summed E-state index contributed by atoms with van der Waals surface area (Å²) < 4.78 is 5.26. The van der Waals surface area contributed by atoms with E-state index in [9.17, 15) is 0 Å². The van der Waals surface area contributed by atoms with Crippen molar-refractivity contribution in [2.24, 2.45) is 0 Å². The summed E-state index contributed by atoms with van der Waals surface area (Å²) in [6.07, 6.45) is 3.51. The largest absolute Gasteiger partial charge is 0.495 e. The molecule has 1 nitrogen and oxygen atoms in total. The van der Waals surface area contributed by atoms with Crippen molar-refractivity contribution >= 4 is 11.6 Å². The fraction of sp³-hybridized carbons (Fsp3) is 0.400. The molecule has 0 radical (unpaired) electrons. The maximum atomic E-state index is 5.98. The molecule has 0 aromatic heterocycles. The number of benzene rings is 1. The van der Waals surface area contributed by atoms with Crippen LogP contribution in [0.2, 0.25) is 5.02 Å². The van der Waals surface area contributed by atoms with E-state index in [1.807, 2.05) is 6.07 Å². The van der Waals surface area contributed by atoms with E-state index in [0.29, 0.717) is 0 Å². The van der Waals surface area contributed by atoms with Gasteiger partial charge in [0.25, 0.3) is 0 Å². The van der Waals surface area contributed by atoms with E-state index in [4.69, 9.17) is 16.3 Å². The van der Waals surface area contributed by atoms with Crippen LogP contribution in [0.4, 0.5) is 0 Å². The van der Waals surface area contributed by atoms with Gasteiger partial charge in [-0.3, -0.25) is 0 Å². The average Bonchev–Trinajstić information content (AvgIpc) is 2.52. The molecule has 64 valence electrons. The van der Waals surface area contributed by atoms with Crippen LogP contribution < -0.4 is 4.74 Å². The summed E-state index contributed by atoms with van der Waals surface area (Å²) in [6.45, 7) is 0. The van der Waals surface area contributed by atoms with Crippen LogP contribution in [0.3, 0.4) is 0 Å². The zero-order valence-corrected chi connectivity index (χ0v) is 7.82. The van der Waals surface area contributed by atoms with Crippen LogP contribution in [0.25, 0.3) is 0 Å². The van der Waals surface area contributed by atoms with Crippen molar-refractivity contribution in [1.82, 2.24) is 0 Å². The number of methoxy groups -OCH3 is 1. The highest BCUT2D eigenvalue weighted by atomic mass is 35.5.